The van der Waals surface area contributed by atoms with Gasteiger partial charge in [-0.1, -0.05) is 24.3 Å². The third kappa shape index (κ3) is 3.63. The maximum absolute atomic E-state index is 12.8. The highest BCUT2D eigenvalue weighted by molar-refractivity contribution is 5.70. The van der Waals surface area contributed by atoms with E-state index >= 15 is 0 Å². The molecule has 0 fully saturated rings. The number of nitrogens with two attached hydrogens (primary N) is 1. The number of para-hydroxylation sites is 1. The van der Waals surface area contributed by atoms with Crippen molar-refractivity contribution in [1.82, 2.24) is 4.90 Å². The summed E-state index contributed by atoms with van der Waals surface area (Å²) in [5, 5.41) is 30.2. The van der Waals surface area contributed by atoms with Gasteiger partial charge in [0, 0.05) is 30.5 Å². The second-order valence-corrected chi connectivity index (χ2v) is 8.80. The molecule has 0 radical (unpaired) electrons. The average Bonchev–Trinajstić information content (AvgIpc) is 2.77. The first kappa shape index (κ1) is 22.7. The third-order valence-electron chi connectivity index (χ3n) is 5.79. The van der Waals surface area contributed by atoms with Crippen LogP contribution in [0.3, 0.4) is 0 Å². The maximum Gasteiger partial charge on any atom is 0.410 e. The van der Waals surface area contributed by atoms with Gasteiger partial charge in [0.15, 0.2) is 5.41 Å². The number of amides is 1. The van der Waals surface area contributed by atoms with E-state index < -0.39 is 28.9 Å². The van der Waals surface area contributed by atoms with E-state index in [1.165, 1.54) is 12.0 Å². The summed E-state index contributed by atoms with van der Waals surface area (Å²) in [6.45, 7) is 5.73. The minimum Gasteiger partial charge on any atom is -0.496 e. The van der Waals surface area contributed by atoms with Crippen molar-refractivity contribution < 1.29 is 14.3 Å². The number of allylic oxidation sites excluding steroid dienone is 2. The van der Waals surface area contributed by atoms with Gasteiger partial charge in [-0.25, -0.2) is 4.79 Å². The summed E-state index contributed by atoms with van der Waals surface area (Å²) >= 11 is 0. The first-order chi connectivity index (χ1) is 15.1. The van der Waals surface area contributed by atoms with E-state index in [2.05, 4.69) is 18.2 Å². The molecule has 3 rings (SSSR count). The van der Waals surface area contributed by atoms with Gasteiger partial charge in [-0.2, -0.15) is 15.8 Å². The van der Waals surface area contributed by atoms with Gasteiger partial charge in [0.1, 0.15) is 17.4 Å². The van der Waals surface area contributed by atoms with Crippen molar-refractivity contribution in [3.63, 3.8) is 0 Å². The molecule has 32 heavy (non-hydrogen) atoms. The van der Waals surface area contributed by atoms with Gasteiger partial charge < -0.3 is 20.1 Å². The summed E-state index contributed by atoms with van der Waals surface area (Å²) in [5.41, 5.74) is 5.11. The second kappa shape index (κ2) is 8.29. The molecular weight excluding hydrogens is 406 g/mol. The third-order valence-corrected chi connectivity index (χ3v) is 5.79. The molecule has 1 aromatic carbocycles. The van der Waals surface area contributed by atoms with Crippen LogP contribution in [-0.2, 0) is 4.74 Å². The number of fused-ring (bicyclic) bond motifs is 1. The molecule has 1 amide bonds. The molecule has 164 valence electrons. The van der Waals surface area contributed by atoms with Gasteiger partial charge in [0.2, 0.25) is 0 Å². The van der Waals surface area contributed by atoms with Crippen LogP contribution in [0.15, 0.2) is 47.2 Å². The zero-order chi connectivity index (χ0) is 23.7. The molecule has 2 N–H and O–H groups in total. The molecule has 1 heterocycles. The highest BCUT2D eigenvalue weighted by Crippen LogP contribution is 2.55. The molecule has 0 aromatic heterocycles. The van der Waals surface area contributed by atoms with Gasteiger partial charge in [-0.05, 0) is 32.4 Å². The van der Waals surface area contributed by atoms with E-state index in [0.717, 1.165) is 0 Å². The largest absolute Gasteiger partial charge is 0.496 e. The molecule has 0 saturated heterocycles. The van der Waals surface area contributed by atoms with Crippen LogP contribution in [0.2, 0.25) is 0 Å². The summed E-state index contributed by atoms with van der Waals surface area (Å²) in [5.74, 6) is -0.801. The Kier molecular flexibility index (Phi) is 5.88. The highest BCUT2D eigenvalue weighted by atomic mass is 16.6. The van der Waals surface area contributed by atoms with E-state index in [1.54, 1.807) is 51.1 Å². The zero-order valence-corrected chi connectivity index (χ0v) is 18.5. The van der Waals surface area contributed by atoms with Crippen LogP contribution in [-0.4, -0.2) is 36.8 Å². The lowest BCUT2D eigenvalue weighted by molar-refractivity contribution is 0.0224. The summed E-state index contributed by atoms with van der Waals surface area (Å²) < 4.78 is 11.0. The fourth-order valence-corrected chi connectivity index (χ4v) is 4.42. The lowest BCUT2D eigenvalue weighted by atomic mass is 9.58. The van der Waals surface area contributed by atoms with E-state index in [0.29, 0.717) is 16.9 Å². The number of ether oxygens (including phenoxy) is 2. The number of nitriles is 3. The normalized spacial score (nSPS) is 21.9. The van der Waals surface area contributed by atoms with Crippen molar-refractivity contribution in [2.24, 2.45) is 17.1 Å². The number of nitrogens with zero attached hydrogens (tertiary/aromatic N) is 4. The number of hydrogen-bond acceptors (Lipinski definition) is 7. The molecule has 0 spiro atoms. The summed E-state index contributed by atoms with van der Waals surface area (Å²) in [6, 6.07) is 13.3. The smallest absolute Gasteiger partial charge is 0.410 e. The summed E-state index contributed by atoms with van der Waals surface area (Å²) in [4.78, 5) is 14.3. The molecule has 2 unspecified atom stereocenters. The Hall–Kier alpha value is -3.96. The van der Waals surface area contributed by atoms with Crippen molar-refractivity contribution in [3.05, 3.63) is 52.7 Å². The van der Waals surface area contributed by atoms with Crippen molar-refractivity contribution in [3.8, 4) is 24.0 Å². The van der Waals surface area contributed by atoms with Crippen molar-refractivity contribution in [1.29, 1.82) is 15.8 Å². The molecule has 1 aliphatic heterocycles. The fraction of sp³-hybridized carbons (Fsp3) is 0.417. The summed E-state index contributed by atoms with van der Waals surface area (Å²) in [6.07, 6.45) is 1.25. The zero-order valence-electron chi connectivity index (χ0n) is 18.5. The molecule has 8 heteroatoms. The molecule has 2 aliphatic rings. The minimum absolute atomic E-state index is 0.0749. The predicted octanol–water partition coefficient (Wildman–Crippen LogP) is 3.36. The Morgan fingerprint density at radius 1 is 1.22 bits per heavy atom. The molecule has 2 atom stereocenters. The molecule has 0 saturated carbocycles. The Labute approximate surface area is 187 Å². The number of carbonyl (C=O) groups is 1. The van der Waals surface area contributed by atoms with Crippen molar-refractivity contribution in [2.75, 3.05) is 20.2 Å². The van der Waals surface area contributed by atoms with Crippen molar-refractivity contribution >= 4 is 6.09 Å². The first-order valence-electron chi connectivity index (χ1n) is 10.2. The van der Waals surface area contributed by atoms with Gasteiger partial charge in [-0.3, -0.25) is 0 Å². The van der Waals surface area contributed by atoms with E-state index in [9.17, 15) is 20.6 Å². The lowest BCUT2D eigenvalue weighted by Crippen LogP contribution is -2.50. The fourth-order valence-electron chi connectivity index (χ4n) is 4.42. The van der Waals surface area contributed by atoms with E-state index in [1.807, 2.05) is 0 Å². The van der Waals surface area contributed by atoms with E-state index in [-0.39, 0.29) is 24.4 Å². The molecule has 1 aromatic rings. The van der Waals surface area contributed by atoms with Crippen LogP contribution in [0.1, 0.15) is 32.3 Å². The molecular formula is C24H25N5O3. The van der Waals surface area contributed by atoms with Crippen LogP contribution in [0.4, 0.5) is 4.79 Å². The second-order valence-electron chi connectivity index (χ2n) is 8.80. The maximum atomic E-state index is 12.8. The van der Waals surface area contributed by atoms with Crippen LogP contribution < -0.4 is 10.5 Å². The molecule has 0 bridgehead atoms. The number of carbonyl (C=O) groups excluding carboxylic acids is 1. The molecule has 8 nitrogen and oxygen atoms in total. The van der Waals surface area contributed by atoms with Crippen LogP contribution >= 0.6 is 0 Å². The first-order valence-corrected chi connectivity index (χ1v) is 10.2. The minimum atomic E-state index is -1.81. The Morgan fingerprint density at radius 2 is 1.88 bits per heavy atom. The SMILES string of the molecule is COc1ccccc1C1C2CN(C(=O)OC(C)(C)C)CC=C2C(C#N)=C(N)C1(C#N)C#N. The standard InChI is InChI=1S/C24H25N5O3/c1-23(2,3)32-22(30)29-10-9-15-17(11-25)21(28)24(13-26,14-27)20(18(15)12-29)16-7-5-6-8-19(16)31-4/h5-9,18,20H,10,12,28H2,1-4H3. The van der Waals surface area contributed by atoms with Gasteiger partial charge in [0.05, 0.1) is 30.5 Å². The monoisotopic (exact) mass is 431 g/mol. The topological polar surface area (TPSA) is 136 Å². The van der Waals surface area contributed by atoms with Gasteiger partial charge in [0.25, 0.3) is 0 Å². The van der Waals surface area contributed by atoms with Gasteiger partial charge in [-0.15, -0.1) is 0 Å². The van der Waals surface area contributed by atoms with Crippen LogP contribution in [0, 0.1) is 45.3 Å². The summed E-state index contributed by atoms with van der Waals surface area (Å²) in [7, 11) is 1.51. The lowest BCUT2D eigenvalue weighted by Gasteiger charge is -2.45. The van der Waals surface area contributed by atoms with E-state index in [4.69, 9.17) is 15.2 Å². The number of rotatable bonds is 2. The Morgan fingerprint density at radius 3 is 2.44 bits per heavy atom. The number of methoxy groups -OCH3 is 1. The highest BCUT2D eigenvalue weighted by Gasteiger charge is 2.55. The molecule has 1 aliphatic carbocycles. The Bertz CT molecular complexity index is 1110. The predicted molar refractivity (Wildman–Crippen MR) is 116 cm³/mol. The number of benzene rings is 1. The number of hydrogen-bond donors (Lipinski definition) is 1. The quantitative estimate of drug-likeness (QED) is 0.758. The van der Waals surface area contributed by atoms with Crippen LogP contribution in [0.5, 0.6) is 5.75 Å². The average molecular weight is 431 g/mol. The van der Waals surface area contributed by atoms with Gasteiger partial charge >= 0.3 is 6.09 Å². The van der Waals surface area contributed by atoms with Crippen molar-refractivity contribution in [2.45, 2.75) is 32.3 Å². The van der Waals surface area contributed by atoms with Crippen LogP contribution in [0.25, 0.3) is 0 Å². The Balaban J connectivity index is 2.23.